The number of rotatable bonds is 2. The number of allylic oxidation sites excluding steroid dienone is 2. The van der Waals surface area contributed by atoms with Crippen molar-refractivity contribution in [3.05, 3.63) is 11.6 Å². The van der Waals surface area contributed by atoms with Gasteiger partial charge >= 0.3 is 0 Å². The normalized spacial score (nSPS) is 40.0. The molecule has 0 heteroatoms. The van der Waals surface area contributed by atoms with Gasteiger partial charge in [-0.25, -0.2) is 0 Å². The largest absolute Gasteiger partial charge is 0.0887 e. The van der Waals surface area contributed by atoms with Gasteiger partial charge in [-0.1, -0.05) is 25.5 Å². The molecule has 0 heterocycles. The average Bonchev–Trinajstić information content (AvgIpc) is 2.40. The fourth-order valence-corrected chi connectivity index (χ4v) is 1.63. The van der Waals surface area contributed by atoms with Crippen LogP contribution in [-0.4, -0.2) is 0 Å². The van der Waals surface area contributed by atoms with Crippen LogP contribution in [0.3, 0.4) is 0 Å². The molecule has 1 rings (SSSR count). The van der Waals surface area contributed by atoms with Crippen LogP contribution in [0.15, 0.2) is 11.6 Å². The van der Waals surface area contributed by atoms with Crippen LogP contribution < -0.4 is 0 Å². The molecule has 0 aliphatic heterocycles. The van der Waals surface area contributed by atoms with Crippen LogP contribution in [0.25, 0.3) is 0 Å². The Morgan fingerprint density at radius 2 is 2.20 bits per heavy atom. The molecule has 1 fully saturated rings. The highest BCUT2D eigenvalue weighted by atomic mass is 14.5. The van der Waals surface area contributed by atoms with Gasteiger partial charge in [0.05, 0.1) is 0 Å². The molecule has 2 unspecified atom stereocenters. The van der Waals surface area contributed by atoms with Crippen LogP contribution in [0.2, 0.25) is 0 Å². The van der Waals surface area contributed by atoms with E-state index in [4.69, 9.17) is 0 Å². The molecule has 0 radical (unpaired) electrons. The van der Waals surface area contributed by atoms with Gasteiger partial charge in [0.1, 0.15) is 0 Å². The zero-order valence-corrected chi connectivity index (χ0v) is 7.57. The van der Waals surface area contributed by atoms with Crippen molar-refractivity contribution in [2.45, 2.75) is 40.5 Å². The van der Waals surface area contributed by atoms with Gasteiger partial charge in [0.25, 0.3) is 0 Å². The molecule has 0 nitrogen and oxygen atoms in total. The van der Waals surface area contributed by atoms with Crippen LogP contribution in [0.5, 0.6) is 0 Å². The molecule has 0 saturated heterocycles. The Bertz CT molecular complexity index is 155. The average molecular weight is 138 g/mol. The highest BCUT2D eigenvalue weighted by Gasteiger charge is 2.45. The number of hydrogen-bond donors (Lipinski definition) is 0. The predicted octanol–water partition coefficient (Wildman–Crippen LogP) is 3.39. The first-order valence-electron chi connectivity index (χ1n) is 4.20. The van der Waals surface area contributed by atoms with Gasteiger partial charge in [-0.15, -0.1) is 0 Å². The molecule has 0 N–H and O–H groups in total. The zero-order valence-electron chi connectivity index (χ0n) is 7.57. The van der Waals surface area contributed by atoms with Crippen LogP contribution in [0.1, 0.15) is 40.5 Å². The lowest BCUT2D eigenvalue weighted by atomic mass is 9.97. The Morgan fingerprint density at radius 1 is 1.70 bits per heavy atom. The van der Waals surface area contributed by atoms with E-state index in [1.165, 1.54) is 12.8 Å². The Hall–Kier alpha value is -0.260. The molecule has 0 bridgehead atoms. The van der Waals surface area contributed by atoms with E-state index in [-0.39, 0.29) is 0 Å². The van der Waals surface area contributed by atoms with Crippen molar-refractivity contribution in [1.82, 2.24) is 0 Å². The third-order valence-electron chi connectivity index (χ3n) is 2.98. The van der Waals surface area contributed by atoms with E-state index in [1.54, 1.807) is 5.57 Å². The third kappa shape index (κ3) is 1.42. The second kappa shape index (κ2) is 2.41. The minimum absolute atomic E-state index is 0.663. The molecular weight excluding hydrogens is 120 g/mol. The minimum atomic E-state index is 0.663. The zero-order chi connectivity index (χ0) is 7.78. The van der Waals surface area contributed by atoms with E-state index in [2.05, 4.69) is 33.8 Å². The van der Waals surface area contributed by atoms with E-state index in [0.717, 1.165) is 5.92 Å². The Labute approximate surface area is 64.3 Å². The molecule has 0 aromatic carbocycles. The Kier molecular flexibility index (Phi) is 1.89. The highest BCUT2D eigenvalue weighted by Crippen LogP contribution is 2.55. The summed E-state index contributed by atoms with van der Waals surface area (Å²) >= 11 is 0. The van der Waals surface area contributed by atoms with E-state index in [9.17, 15) is 0 Å². The summed E-state index contributed by atoms with van der Waals surface area (Å²) in [6.45, 7) is 9.11. The maximum Gasteiger partial charge on any atom is -0.0260 e. The van der Waals surface area contributed by atoms with Crippen molar-refractivity contribution in [3.8, 4) is 0 Å². The quantitative estimate of drug-likeness (QED) is 0.513. The lowest BCUT2D eigenvalue weighted by molar-refractivity contribution is 0.515. The molecule has 1 aliphatic rings. The SMILES string of the molecule is CC=C(C)CC1(C)CC1C. The monoisotopic (exact) mass is 138 g/mol. The van der Waals surface area contributed by atoms with Crippen LogP contribution in [0, 0.1) is 11.3 Å². The molecule has 2 atom stereocenters. The standard InChI is InChI=1S/C10H18/c1-5-8(2)6-10(4)7-9(10)3/h5,9H,6-7H2,1-4H3. The molecular formula is C10H18. The van der Waals surface area contributed by atoms with E-state index in [1.807, 2.05) is 0 Å². The molecule has 10 heavy (non-hydrogen) atoms. The Balaban J connectivity index is 2.40. The van der Waals surface area contributed by atoms with Crippen molar-refractivity contribution in [1.29, 1.82) is 0 Å². The second-order valence-electron chi connectivity index (χ2n) is 4.07. The van der Waals surface area contributed by atoms with Gasteiger partial charge in [0.15, 0.2) is 0 Å². The van der Waals surface area contributed by atoms with Crippen molar-refractivity contribution >= 4 is 0 Å². The molecule has 0 aromatic heterocycles. The van der Waals surface area contributed by atoms with Gasteiger partial charge in [0.2, 0.25) is 0 Å². The van der Waals surface area contributed by atoms with Crippen LogP contribution >= 0.6 is 0 Å². The fourth-order valence-electron chi connectivity index (χ4n) is 1.63. The van der Waals surface area contributed by atoms with E-state index >= 15 is 0 Å². The molecule has 0 spiro atoms. The lowest BCUT2D eigenvalue weighted by Crippen LogP contribution is -1.96. The maximum absolute atomic E-state index is 2.39. The smallest absolute Gasteiger partial charge is 0.0260 e. The molecule has 0 aromatic rings. The summed E-state index contributed by atoms with van der Waals surface area (Å²) in [6.07, 6.45) is 4.97. The van der Waals surface area contributed by atoms with Gasteiger partial charge in [-0.2, -0.15) is 0 Å². The second-order valence-corrected chi connectivity index (χ2v) is 4.07. The van der Waals surface area contributed by atoms with Crippen molar-refractivity contribution in [2.24, 2.45) is 11.3 Å². The van der Waals surface area contributed by atoms with Gasteiger partial charge < -0.3 is 0 Å². The van der Waals surface area contributed by atoms with Gasteiger partial charge in [-0.3, -0.25) is 0 Å². The summed E-state index contributed by atoms with van der Waals surface area (Å²) in [5, 5.41) is 0. The lowest BCUT2D eigenvalue weighted by Gasteiger charge is -2.08. The Morgan fingerprint density at radius 3 is 2.50 bits per heavy atom. The maximum atomic E-state index is 2.39. The third-order valence-corrected chi connectivity index (χ3v) is 2.98. The summed E-state index contributed by atoms with van der Waals surface area (Å²) < 4.78 is 0. The fraction of sp³-hybridized carbons (Fsp3) is 0.800. The number of hydrogen-bond acceptors (Lipinski definition) is 0. The highest BCUT2D eigenvalue weighted by molar-refractivity contribution is 5.08. The summed E-state index contributed by atoms with van der Waals surface area (Å²) in [6, 6.07) is 0. The summed E-state index contributed by atoms with van der Waals surface area (Å²) in [7, 11) is 0. The van der Waals surface area contributed by atoms with Gasteiger partial charge in [-0.05, 0) is 38.0 Å². The van der Waals surface area contributed by atoms with E-state index < -0.39 is 0 Å². The van der Waals surface area contributed by atoms with Crippen LogP contribution in [-0.2, 0) is 0 Å². The molecule has 1 aliphatic carbocycles. The first-order valence-corrected chi connectivity index (χ1v) is 4.20. The molecule has 0 amide bonds. The topological polar surface area (TPSA) is 0 Å². The summed E-state index contributed by atoms with van der Waals surface area (Å²) in [4.78, 5) is 0. The van der Waals surface area contributed by atoms with E-state index in [0.29, 0.717) is 5.41 Å². The van der Waals surface area contributed by atoms with Crippen molar-refractivity contribution in [2.75, 3.05) is 0 Å². The predicted molar refractivity (Wildman–Crippen MR) is 45.9 cm³/mol. The first kappa shape index (κ1) is 7.84. The molecule has 58 valence electrons. The van der Waals surface area contributed by atoms with Crippen LogP contribution in [0.4, 0.5) is 0 Å². The molecule has 1 saturated carbocycles. The minimum Gasteiger partial charge on any atom is -0.0887 e. The summed E-state index contributed by atoms with van der Waals surface area (Å²) in [5.41, 5.74) is 2.21. The van der Waals surface area contributed by atoms with Crippen molar-refractivity contribution in [3.63, 3.8) is 0 Å². The van der Waals surface area contributed by atoms with Gasteiger partial charge in [0, 0.05) is 0 Å². The summed E-state index contributed by atoms with van der Waals surface area (Å²) in [5.74, 6) is 0.961. The first-order chi connectivity index (χ1) is 4.58. The van der Waals surface area contributed by atoms with Crippen molar-refractivity contribution < 1.29 is 0 Å².